The van der Waals surface area contributed by atoms with Crippen molar-refractivity contribution in [3.05, 3.63) is 59.7 Å². The van der Waals surface area contributed by atoms with E-state index < -0.39 is 0 Å². The second kappa shape index (κ2) is 11.5. The summed E-state index contributed by atoms with van der Waals surface area (Å²) in [5.74, 6) is 1.15. The fourth-order valence-electron chi connectivity index (χ4n) is 3.57. The van der Waals surface area contributed by atoms with E-state index in [0.29, 0.717) is 18.3 Å². The summed E-state index contributed by atoms with van der Waals surface area (Å²) in [4.78, 5) is 4.55. The lowest BCUT2D eigenvalue weighted by Gasteiger charge is -2.03. The first kappa shape index (κ1) is 21.3. The van der Waals surface area contributed by atoms with E-state index in [4.69, 9.17) is 10.3 Å². The van der Waals surface area contributed by atoms with E-state index >= 15 is 0 Å². The number of hydrogen-bond acceptors (Lipinski definition) is 4. The topological polar surface area (TPSA) is 64.9 Å². The van der Waals surface area contributed by atoms with Crippen molar-refractivity contribution in [2.45, 2.75) is 71.3 Å². The lowest BCUT2D eigenvalue weighted by atomic mass is 10.0. The van der Waals surface area contributed by atoms with E-state index in [-0.39, 0.29) is 0 Å². The van der Waals surface area contributed by atoms with Crippen molar-refractivity contribution in [2.75, 3.05) is 0 Å². The number of aromatic nitrogens is 2. The van der Waals surface area contributed by atoms with Crippen LogP contribution in [0.2, 0.25) is 0 Å². The highest BCUT2D eigenvalue weighted by Gasteiger charge is 2.11. The largest absolute Gasteiger partial charge is 0.334 e. The molecule has 0 saturated carbocycles. The third kappa shape index (κ3) is 6.53. The molecule has 4 heteroatoms. The van der Waals surface area contributed by atoms with Gasteiger partial charge in [-0.2, -0.15) is 4.98 Å². The van der Waals surface area contributed by atoms with E-state index in [1.807, 2.05) is 24.3 Å². The van der Waals surface area contributed by atoms with Crippen LogP contribution in [0.3, 0.4) is 0 Å². The number of aryl methyl sites for hydroxylation is 1. The smallest absolute Gasteiger partial charge is 0.258 e. The molecule has 0 aliphatic heterocycles. The quantitative estimate of drug-likeness (QED) is 0.356. The molecular formula is C25H33N3O. The molecule has 0 spiro atoms. The van der Waals surface area contributed by atoms with Gasteiger partial charge in [0.25, 0.3) is 5.89 Å². The van der Waals surface area contributed by atoms with Gasteiger partial charge in [-0.05, 0) is 36.1 Å². The number of rotatable bonds is 12. The van der Waals surface area contributed by atoms with Crippen molar-refractivity contribution in [3.63, 3.8) is 0 Å². The molecule has 3 aromatic rings. The SMILES string of the molecule is CCCCCCCCCCc1ccc(-c2noc(-c3cccc(CN)c3)n2)cc1. The van der Waals surface area contributed by atoms with Crippen LogP contribution in [0.5, 0.6) is 0 Å². The third-order valence-corrected chi connectivity index (χ3v) is 5.37. The summed E-state index contributed by atoms with van der Waals surface area (Å²) in [6.45, 7) is 2.76. The van der Waals surface area contributed by atoms with Gasteiger partial charge < -0.3 is 10.3 Å². The van der Waals surface area contributed by atoms with E-state index in [2.05, 4.69) is 41.3 Å². The lowest BCUT2D eigenvalue weighted by molar-refractivity contribution is 0.432. The summed E-state index contributed by atoms with van der Waals surface area (Å²) in [6, 6.07) is 16.4. The van der Waals surface area contributed by atoms with E-state index in [1.165, 1.54) is 56.9 Å². The minimum atomic E-state index is 0.495. The summed E-state index contributed by atoms with van der Waals surface area (Å²) in [7, 11) is 0. The van der Waals surface area contributed by atoms with E-state index in [1.54, 1.807) is 0 Å². The molecule has 29 heavy (non-hydrogen) atoms. The minimum absolute atomic E-state index is 0.495. The van der Waals surface area contributed by atoms with Crippen LogP contribution < -0.4 is 5.73 Å². The fraction of sp³-hybridized carbons (Fsp3) is 0.440. The van der Waals surface area contributed by atoms with Crippen LogP contribution in [0.25, 0.3) is 22.8 Å². The highest BCUT2D eigenvalue weighted by molar-refractivity contribution is 5.60. The molecule has 0 fully saturated rings. The van der Waals surface area contributed by atoms with Gasteiger partial charge in [0, 0.05) is 17.7 Å². The van der Waals surface area contributed by atoms with Crippen molar-refractivity contribution >= 4 is 0 Å². The second-order valence-electron chi connectivity index (χ2n) is 7.75. The third-order valence-electron chi connectivity index (χ3n) is 5.37. The van der Waals surface area contributed by atoms with Crippen LogP contribution in [0, 0.1) is 0 Å². The molecule has 0 saturated heterocycles. The van der Waals surface area contributed by atoms with Crippen molar-refractivity contribution in [1.82, 2.24) is 10.1 Å². The van der Waals surface area contributed by atoms with Crippen LogP contribution in [-0.4, -0.2) is 10.1 Å². The predicted octanol–water partition coefficient (Wildman–Crippen LogP) is 6.55. The highest BCUT2D eigenvalue weighted by atomic mass is 16.5. The van der Waals surface area contributed by atoms with Crippen molar-refractivity contribution in [2.24, 2.45) is 5.73 Å². The van der Waals surface area contributed by atoms with Crippen LogP contribution in [-0.2, 0) is 13.0 Å². The Morgan fingerprint density at radius 2 is 1.52 bits per heavy atom. The van der Waals surface area contributed by atoms with Gasteiger partial charge in [0.2, 0.25) is 5.82 Å². The molecule has 1 aromatic heterocycles. The number of benzene rings is 2. The monoisotopic (exact) mass is 391 g/mol. The molecule has 1 heterocycles. The van der Waals surface area contributed by atoms with Gasteiger partial charge in [-0.1, -0.05) is 93.4 Å². The summed E-state index contributed by atoms with van der Waals surface area (Å²) < 4.78 is 5.46. The minimum Gasteiger partial charge on any atom is -0.334 e. The summed E-state index contributed by atoms with van der Waals surface area (Å²) in [5, 5.41) is 4.15. The Kier molecular flexibility index (Phi) is 8.44. The van der Waals surface area contributed by atoms with Crippen molar-refractivity contribution in [1.29, 1.82) is 0 Å². The molecule has 4 nitrogen and oxygen atoms in total. The average Bonchev–Trinajstić information content (AvgIpc) is 3.26. The first-order chi connectivity index (χ1) is 14.3. The molecule has 2 N–H and O–H groups in total. The van der Waals surface area contributed by atoms with Crippen LogP contribution >= 0.6 is 0 Å². The molecule has 2 aromatic carbocycles. The first-order valence-electron chi connectivity index (χ1n) is 11.0. The zero-order chi connectivity index (χ0) is 20.3. The standard InChI is InChI=1S/C25H33N3O/c1-2-3-4-5-6-7-8-9-11-20-14-16-22(17-15-20)24-27-25(29-28-24)23-13-10-12-21(18-23)19-26/h10,12-18H,2-9,11,19,26H2,1H3. The Morgan fingerprint density at radius 3 is 2.24 bits per heavy atom. The molecule has 0 unspecified atom stereocenters. The Bertz CT molecular complexity index is 855. The molecule has 0 amide bonds. The number of hydrogen-bond donors (Lipinski definition) is 1. The summed E-state index contributed by atoms with van der Waals surface area (Å²) >= 11 is 0. The van der Waals surface area contributed by atoms with E-state index in [0.717, 1.165) is 23.1 Å². The van der Waals surface area contributed by atoms with Crippen molar-refractivity contribution in [3.8, 4) is 22.8 Å². The normalized spacial score (nSPS) is 11.1. The molecule has 0 aliphatic rings. The Morgan fingerprint density at radius 1 is 0.793 bits per heavy atom. The van der Waals surface area contributed by atoms with Gasteiger partial charge >= 0.3 is 0 Å². The van der Waals surface area contributed by atoms with E-state index in [9.17, 15) is 0 Å². The first-order valence-corrected chi connectivity index (χ1v) is 11.0. The zero-order valence-electron chi connectivity index (χ0n) is 17.6. The maximum absolute atomic E-state index is 5.72. The van der Waals surface area contributed by atoms with Gasteiger partial charge in [0.1, 0.15) is 0 Å². The molecule has 3 rings (SSSR count). The Hall–Kier alpha value is -2.46. The molecule has 0 radical (unpaired) electrons. The maximum Gasteiger partial charge on any atom is 0.258 e. The van der Waals surface area contributed by atoms with Crippen LogP contribution in [0.15, 0.2) is 53.1 Å². The van der Waals surface area contributed by atoms with Gasteiger partial charge in [-0.25, -0.2) is 0 Å². The molecule has 154 valence electrons. The molecule has 0 atom stereocenters. The Balaban J connectivity index is 1.48. The van der Waals surface area contributed by atoms with Crippen LogP contribution in [0.1, 0.15) is 69.4 Å². The van der Waals surface area contributed by atoms with Gasteiger partial charge in [0.15, 0.2) is 0 Å². The number of nitrogens with two attached hydrogens (primary N) is 1. The van der Waals surface area contributed by atoms with Crippen molar-refractivity contribution < 1.29 is 4.52 Å². The Labute approximate surface area is 174 Å². The summed E-state index contributed by atoms with van der Waals surface area (Å²) in [6.07, 6.45) is 12.0. The van der Waals surface area contributed by atoms with Gasteiger partial charge in [-0.3, -0.25) is 0 Å². The molecular weight excluding hydrogens is 358 g/mol. The highest BCUT2D eigenvalue weighted by Crippen LogP contribution is 2.23. The zero-order valence-corrected chi connectivity index (χ0v) is 17.6. The van der Waals surface area contributed by atoms with Gasteiger partial charge in [0.05, 0.1) is 0 Å². The average molecular weight is 392 g/mol. The fourth-order valence-corrected chi connectivity index (χ4v) is 3.57. The number of unbranched alkanes of at least 4 members (excludes halogenated alkanes) is 7. The predicted molar refractivity (Wildman–Crippen MR) is 119 cm³/mol. The number of nitrogens with zero attached hydrogens (tertiary/aromatic N) is 2. The summed E-state index contributed by atoms with van der Waals surface area (Å²) in [5.41, 5.74) is 10.0. The lowest BCUT2D eigenvalue weighted by Crippen LogP contribution is -1.95. The second-order valence-corrected chi connectivity index (χ2v) is 7.75. The molecule has 0 aliphatic carbocycles. The van der Waals surface area contributed by atoms with Gasteiger partial charge in [-0.15, -0.1) is 0 Å². The molecule has 0 bridgehead atoms. The van der Waals surface area contributed by atoms with Crippen LogP contribution in [0.4, 0.5) is 0 Å². The maximum atomic E-state index is 5.72.